The summed E-state index contributed by atoms with van der Waals surface area (Å²) in [4.78, 5) is 0. The van der Waals surface area contributed by atoms with E-state index in [0.717, 1.165) is 11.3 Å². The van der Waals surface area contributed by atoms with Gasteiger partial charge in [0, 0.05) is 12.6 Å². The number of hydrogen-bond donors (Lipinski definition) is 1. The first-order valence-corrected chi connectivity index (χ1v) is 6.13. The molecule has 0 radical (unpaired) electrons. The number of nitrogens with one attached hydrogen (secondary N) is 1. The van der Waals surface area contributed by atoms with Crippen LogP contribution in [0.4, 0.5) is 4.39 Å². The fourth-order valence-electron chi connectivity index (χ4n) is 1.83. The van der Waals surface area contributed by atoms with Crippen molar-refractivity contribution in [3.8, 4) is 5.69 Å². The molecule has 1 aliphatic rings. The maximum Gasteiger partial charge on any atom is 0.149 e. The number of aryl methyl sites for hydroxylation is 1. The highest BCUT2D eigenvalue weighted by Crippen LogP contribution is 2.19. The van der Waals surface area contributed by atoms with Crippen LogP contribution in [0.3, 0.4) is 0 Å². The first-order chi connectivity index (χ1) is 8.72. The predicted molar refractivity (Wildman–Crippen MR) is 65.9 cm³/mol. The van der Waals surface area contributed by atoms with E-state index in [4.69, 9.17) is 0 Å². The Morgan fingerprint density at radius 3 is 3.00 bits per heavy atom. The van der Waals surface area contributed by atoms with Gasteiger partial charge in [0.2, 0.25) is 0 Å². The number of aromatic nitrogens is 3. The molecule has 0 aliphatic heterocycles. The van der Waals surface area contributed by atoms with Gasteiger partial charge in [-0.3, -0.25) is 0 Å². The van der Waals surface area contributed by atoms with Crippen LogP contribution in [-0.2, 0) is 6.54 Å². The van der Waals surface area contributed by atoms with Crippen LogP contribution in [0.25, 0.3) is 5.69 Å². The fourth-order valence-corrected chi connectivity index (χ4v) is 1.83. The number of halogens is 1. The van der Waals surface area contributed by atoms with Crippen LogP contribution in [0.2, 0.25) is 0 Å². The standard InChI is InChI=1S/C13H15FN4/c1-9-2-5-13(12(14)6-9)18-8-11(16-17-18)7-15-10-3-4-10/h2,5-6,8,10,15H,3-4,7H2,1H3. The molecule has 0 amide bonds. The molecule has 1 aromatic heterocycles. The van der Waals surface area contributed by atoms with Gasteiger partial charge in [0.25, 0.3) is 0 Å². The lowest BCUT2D eigenvalue weighted by Crippen LogP contribution is -2.15. The lowest BCUT2D eigenvalue weighted by molar-refractivity contribution is 0.606. The highest BCUT2D eigenvalue weighted by molar-refractivity contribution is 5.35. The molecule has 1 heterocycles. The lowest BCUT2D eigenvalue weighted by atomic mass is 10.2. The molecule has 1 saturated carbocycles. The monoisotopic (exact) mass is 246 g/mol. The Labute approximate surface area is 105 Å². The fraction of sp³-hybridized carbons (Fsp3) is 0.385. The van der Waals surface area contributed by atoms with Gasteiger partial charge in [-0.05, 0) is 37.5 Å². The summed E-state index contributed by atoms with van der Waals surface area (Å²) in [6, 6.07) is 5.71. The third-order valence-electron chi connectivity index (χ3n) is 3.04. The number of benzene rings is 1. The van der Waals surface area contributed by atoms with Crippen molar-refractivity contribution in [3.63, 3.8) is 0 Å². The van der Waals surface area contributed by atoms with Crippen molar-refractivity contribution in [1.82, 2.24) is 20.3 Å². The molecule has 1 fully saturated rings. The second kappa shape index (κ2) is 4.49. The quantitative estimate of drug-likeness (QED) is 0.896. The summed E-state index contributed by atoms with van der Waals surface area (Å²) in [7, 11) is 0. The average Bonchev–Trinajstić information content (AvgIpc) is 3.05. The molecule has 1 aromatic carbocycles. The number of hydrogen-bond acceptors (Lipinski definition) is 3. The Balaban J connectivity index is 1.78. The first-order valence-electron chi connectivity index (χ1n) is 6.13. The molecule has 5 heteroatoms. The van der Waals surface area contributed by atoms with E-state index in [1.165, 1.54) is 23.6 Å². The first kappa shape index (κ1) is 11.3. The van der Waals surface area contributed by atoms with Gasteiger partial charge in [0.1, 0.15) is 11.5 Å². The molecular formula is C13H15FN4. The van der Waals surface area contributed by atoms with Crippen molar-refractivity contribution < 1.29 is 4.39 Å². The van der Waals surface area contributed by atoms with E-state index < -0.39 is 0 Å². The summed E-state index contributed by atoms with van der Waals surface area (Å²) in [5.41, 5.74) is 2.17. The molecule has 2 aromatic rings. The minimum Gasteiger partial charge on any atom is -0.308 e. The molecule has 4 nitrogen and oxygen atoms in total. The summed E-state index contributed by atoms with van der Waals surface area (Å²) in [5.74, 6) is -0.276. The molecule has 1 aliphatic carbocycles. The third-order valence-corrected chi connectivity index (χ3v) is 3.04. The Morgan fingerprint density at radius 2 is 2.28 bits per heavy atom. The second-order valence-electron chi connectivity index (χ2n) is 4.76. The van der Waals surface area contributed by atoms with Crippen molar-refractivity contribution in [2.24, 2.45) is 0 Å². The molecule has 0 unspecified atom stereocenters. The molecular weight excluding hydrogens is 231 g/mol. The lowest BCUT2D eigenvalue weighted by Gasteiger charge is -2.02. The molecule has 18 heavy (non-hydrogen) atoms. The van der Waals surface area contributed by atoms with Gasteiger partial charge in [-0.25, -0.2) is 9.07 Å². The average molecular weight is 246 g/mol. The van der Waals surface area contributed by atoms with Gasteiger partial charge in [0.05, 0.1) is 11.9 Å². The molecule has 3 rings (SSSR count). The molecule has 0 atom stereocenters. The highest BCUT2D eigenvalue weighted by Gasteiger charge is 2.20. The van der Waals surface area contributed by atoms with Crippen molar-refractivity contribution in [3.05, 3.63) is 41.5 Å². The van der Waals surface area contributed by atoms with Gasteiger partial charge in [-0.15, -0.1) is 5.10 Å². The van der Waals surface area contributed by atoms with E-state index >= 15 is 0 Å². The molecule has 1 N–H and O–H groups in total. The molecule has 0 bridgehead atoms. The Hall–Kier alpha value is -1.75. The normalized spacial score (nSPS) is 15.0. The summed E-state index contributed by atoms with van der Waals surface area (Å²) >= 11 is 0. The van der Waals surface area contributed by atoms with Crippen molar-refractivity contribution >= 4 is 0 Å². The second-order valence-corrected chi connectivity index (χ2v) is 4.76. The van der Waals surface area contributed by atoms with E-state index in [9.17, 15) is 4.39 Å². The van der Waals surface area contributed by atoms with E-state index in [0.29, 0.717) is 18.3 Å². The van der Waals surface area contributed by atoms with Crippen LogP contribution >= 0.6 is 0 Å². The van der Waals surface area contributed by atoms with Crippen LogP contribution in [0.5, 0.6) is 0 Å². The zero-order chi connectivity index (χ0) is 12.5. The molecule has 0 saturated heterocycles. The van der Waals surface area contributed by atoms with Crippen molar-refractivity contribution in [2.75, 3.05) is 0 Å². The third kappa shape index (κ3) is 2.41. The van der Waals surface area contributed by atoms with Gasteiger partial charge in [-0.2, -0.15) is 0 Å². The van der Waals surface area contributed by atoms with E-state index in [-0.39, 0.29) is 5.82 Å². The predicted octanol–water partition coefficient (Wildman–Crippen LogP) is 1.97. The summed E-state index contributed by atoms with van der Waals surface area (Å²) in [5, 5.41) is 11.4. The van der Waals surface area contributed by atoms with Gasteiger partial charge in [0.15, 0.2) is 0 Å². The highest BCUT2D eigenvalue weighted by atomic mass is 19.1. The van der Waals surface area contributed by atoms with Crippen LogP contribution in [-0.4, -0.2) is 21.0 Å². The Bertz CT molecular complexity index is 560. The maximum absolute atomic E-state index is 13.8. The number of rotatable bonds is 4. The maximum atomic E-state index is 13.8. The van der Waals surface area contributed by atoms with Crippen LogP contribution in [0.1, 0.15) is 24.1 Å². The van der Waals surface area contributed by atoms with E-state index in [1.54, 1.807) is 12.3 Å². The number of nitrogens with zero attached hydrogens (tertiary/aromatic N) is 3. The zero-order valence-corrected chi connectivity index (χ0v) is 10.2. The SMILES string of the molecule is Cc1ccc(-n2cc(CNC3CC3)nn2)c(F)c1. The van der Waals surface area contributed by atoms with E-state index in [2.05, 4.69) is 15.6 Å². The smallest absolute Gasteiger partial charge is 0.149 e. The van der Waals surface area contributed by atoms with Gasteiger partial charge < -0.3 is 5.32 Å². The Morgan fingerprint density at radius 1 is 1.44 bits per heavy atom. The molecule has 94 valence electrons. The Kier molecular flexibility index (Phi) is 2.83. The van der Waals surface area contributed by atoms with Crippen LogP contribution in [0, 0.1) is 12.7 Å². The summed E-state index contributed by atoms with van der Waals surface area (Å²) < 4.78 is 15.3. The van der Waals surface area contributed by atoms with Gasteiger partial charge >= 0.3 is 0 Å². The van der Waals surface area contributed by atoms with Crippen molar-refractivity contribution in [1.29, 1.82) is 0 Å². The van der Waals surface area contributed by atoms with Crippen molar-refractivity contribution in [2.45, 2.75) is 32.4 Å². The zero-order valence-electron chi connectivity index (χ0n) is 10.2. The minimum atomic E-state index is -0.276. The summed E-state index contributed by atoms with van der Waals surface area (Å²) in [6.07, 6.45) is 4.24. The van der Waals surface area contributed by atoms with Crippen LogP contribution in [0.15, 0.2) is 24.4 Å². The van der Waals surface area contributed by atoms with Crippen LogP contribution < -0.4 is 5.32 Å². The minimum absolute atomic E-state index is 0.276. The molecule has 0 spiro atoms. The largest absolute Gasteiger partial charge is 0.308 e. The topological polar surface area (TPSA) is 42.7 Å². The van der Waals surface area contributed by atoms with Gasteiger partial charge in [-0.1, -0.05) is 11.3 Å². The summed E-state index contributed by atoms with van der Waals surface area (Å²) in [6.45, 7) is 2.55. The van der Waals surface area contributed by atoms with E-state index in [1.807, 2.05) is 13.0 Å².